The van der Waals surface area contributed by atoms with E-state index >= 15 is 0 Å². The molecule has 7 heteroatoms. The molecule has 1 N–H and O–H groups in total. The Hall–Kier alpha value is -1.89. The lowest BCUT2D eigenvalue weighted by Crippen LogP contribution is -2.42. The van der Waals surface area contributed by atoms with Gasteiger partial charge in [0.25, 0.3) is 0 Å². The van der Waals surface area contributed by atoms with E-state index in [4.69, 9.17) is 11.6 Å². The van der Waals surface area contributed by atoms with E-state index in [1.807, 2.05) is 24.3 Å². The van der Waals surface area contributed by atoms with Crippen LogP contribution in [0.25, 0.3) is 0 Å². The van der Waals surface area contributed by atoms with Crippen molar-refractivity contribution in [1.29, 1.82) is 0 Å². The second-order valence-corrected chi connectivity index (χ2v) is 10.1. The summed E-state index contributed by atoms with van der Waals surface area (Å²) in [4.78, 5) is 12.7. The number of nitrogens with one attached hydrogen (secondary N) is 1. The zero-order chi connectivity index (χ0) is 21.0. The van der Waals surface area contributed by atoms with E-state index in [1.165, 1.54) is 4.31 Å². The van der Waals surface area contributed by atoms with E-state index in [9.17, 15) is 13.2 Å². The van der Waals surface area contributed by atoms with Crippen molar-refractivity contribution in [2.45, 2.75) is 38.4 Å². The summed E-state index contributed by atoms with van der Waals surface area (Å²) in [5.41, 5.74) is 2.53. The van der Waals surface area contributed by atoms with Gasteiger partial charge in [0.1, 0.15) is 0 Å². The van der Waals surface area contributed by atoms with Gasteiger partial charge in [0, 0.05) is 29.7 Å². The first-order valence-corrected chi connectivity index (χ1v) is 11.9. The Morgan fingerprint density at radius 1 is 1.10 bits per heavy atom. The first-order chi connectivity index (χ1) is 13.8. The number of halogens is 1. The maximum Gasteiger partial charge on any atom is 0.227 e. The summed E-state index contributed by atoms with van der Waals surface area (Å²) in [6.45, 7) is 4.87. The quantitative estimate of drug-likeness (QED) is 0.719. The molecule has 0 aliphatic carbocycles. The largest absolute Gasteiger partial charge is 0.326 e. The third-order valence-electron chi connectivity index (χ3n) is 5.35. The molecule has 0 spiro atoms. The molecule has 0 aromatic heterocycles. The van der Waals surface area contributed by atoms with Gasteiger partial charge in [-0.1, -0.05) is 61.8 Å². The Balaban J connectivity index is 1.60. The van der Waals surface area contributed by atoms with Crippen molar-refractivity contribution in [2.75, 3.05) is 18.4 Å². The normalized spacial score (nSPS) is 16.1. The highest BCUT2D eigenvalue weighted by Crippen LogP contribution is 2.27. The first kappa shape index (κ1) is 21.8. The van der Waals surface area contributed by atoms with Crippen molar-refractivity contribution in [1.82, 2.24) is 4.31 Å². The summed E-state index contributed by atoms with van der Waals surface area (Å²) < 4.78 is 27.0. The van der Waals surface area contributed by atoms with E-state index in [1.54, 1.807) is 24.3 Å². The fourth-order valence-corrected chi connectivity index (χ4v) is 5.52. The third-order valence-corrected chi connectivity index (χ3v) is 7.55. The van der Waals surface area contributed by atoms with Crippen LogP contribution in [-0.4, -0.2) is 31.7 Å². The van der Waals surface area contributed by atoms with Crippen LogP contribution in [0.2, 0.25) is 5.02 Å². The minimum absolute atomic E-state index is 0.0405. The van der Waals surface area contributed by atoms with Gasteiger partial charge in [-0.3, -0.25) is 4.79 Å². The third kappa shape index (κ3) is 5.38. The smallest absolute Gasteiger partial charge is 0.227 e. The molecule has 29 heavy (non-hydrogen) atoms. The van der Waals surface area contributed by atoms with Gasteiger partial charge in [0.05, 0.1) is 5.75 Å². The number of nitrogens with zero attached hydrogens (tertiary/aromatic N) is 1. The highest BCUT2D eigenvalue weighted by atomic mass is 35.5. The van der Waals surface area contributed by atoms with Crippen molar-refractivity contribution in [3.05, 3.63) is 64.7 Å². The average molecular weight is 435 g/mol. The summed E-state index contributed by atoms with van der Waals surface area (Å²) in [5.74, 6) is -0.0442. The van der Waals surface area contributed by atoms with E-state index in [2.05, 4.69) is 19.2 Å². The Labute approximate surface area is 178 Å². The number of hydrogen-bond donors (Lipinski definition) is 1. The zero-order valence-electron chi connectivity index (χ0n) is 16.8. The van der Waals surface area contributed by atoms with Gasteiger partial charge in [-0.2, -0.15) is 0 Å². The van der Waals surface area contributed by atoms with Crippen LogP contribution in [0.4, 0.5) is 5.69 Å². The number of amides is 1. The SMILES string of the molecule is CC(C)c1ccccc1NC(=O)C1CCN(S(=O)(=O)Cc2ccccc2Cl)CC1. The van der Waals surface area contributed by atoms with Crippen molar-refractivity contribution in [3.63, 3.8) is 0 Å². The maximum atomic E-state index is 12.8. The molecule has 3 rings (SSSR count). The molecule has 0 bridgehead atoms. The number of anilines is 1. The second-order valence-electron chi connectivity index (χ2n) is 7.75. The standard InChI is InChI=1S/C22H27ClN2O3S/c1-16(2)19-8-4-6-10-21(19)24-22(26)17-11-13-25(14-12-17)29(27,28)15-18-7-3-5-9-20(18)23/h3-10,16-17H,11-15H2,1-2H3,(H,24,26). The summed E-state index contributed by atoms with van der Waals surface area (Å²) >= 11 is 6.11. The van der Waals surface area contributed by atoms with Crippen molar-refractivity contribution in [3.8, 4) is 0 Å². The van der Waals surface area contributed by atoms with Gasteiger partial charge in [0.2, 0.25) is 15.9 Å². The van der Waals surface area contributed by atoms with Crippen LogP contribution in [-0.2, 0) is 20.6 Å². The van der Waals surface area contributed by atoms with E-state index in [0.717, 1.165) is 11.3 Å². The fourth-order valence-electron chi connectivity index (χ4n) is 3.65. The molecule has 0 unspecified atom stereocenters. The number of para-hydroxylation sites is 1. The number of rotatable bonds is 6. The molecule has 1 aliphatic heterocycles. The van der Waals surface area contributed by atoms with Gasteiger partial charge in [-0.25, -0.2) is 12.7 Å². The summed E-state index contributed by atoms with van der Waals surface area (Å²) in [6, 6.07) is 14.8. The fraction of sp³-hybridized carbons (Fsp3) is 0.409. The molecule has 0 saturated carbocycles. The predicted molar refractivity (Wildman–Crippen MR) is 118 cm³/mol. The van der Waals surface area contributed by atoms with Crippen LogP contribution in [0.5, 0.6) is 0 Å². The second kappa shape index (κ2) is 9.28. The molecule has 5 nitrogen and oxygen atoms in total. The van der Waals surface area contributed by atoms with Crippen LogP contribution >= 0.6 is 11.6 Å². The Bertz CT molecular complexity index is 968. The average Bonchev–Trinajstić information content (AvgIpc) is 2.70. The number of carbonyl (C=O) groups is 1. The van der Waals surface area contributed by atoms with E-state index < -0.39 is 10.0 Å². The molecule has 2 aromatic rings. The Morgan fingerprint density at radius 2 is 1.72 bits per heavy atom. The lowest BCUT2D eigenvalue weighted by Gasteiger charge is -2.31. The van der Waals surface area contributed by atoms with Crippen molar-refractivity contribution in [2.24, 2.45) is 5.92 Å². The molecule has 1 saturated heterocycles. The molecule has 1 amide bonds. The lowest BCUT2D eigenvalue weighted by atomic mass is 9.96. The number of sulfonamides is 1. The summed E-state index contributed by atoms with van der Waals surface area (Å²) in [6.07, 6.45) is 1.02. The Kier molecular flexibility index (Phi) is 6.98. The molecule has 0 atom stereocenters. The molecule has 2 aromatic carbocycles. The lowest BCUT2D eigenvalue weighted by molar-refractivity contribution is -0.120. The monoisotopic (exact) mass is 434 g/mol. The highest BCUT2D eigenvalue weighted by Gasteiger charge is 2.31. The zero-order valence-corrected chi connectivity index (χ0v) is 18.3. The summed E-state index contributed by atoms with van der Waals surface area (Å²) in [7, 11) is -3.47. The molecule has 1 aliphatic rings. The Morgan fingerprint density at radius 3 is 2.38 bits per heavy atom. The number of piperidine rings is 1. The molecule has 0 radical (unpaired) electrons. The van der Waals surface area contributed by atoms with Crippen LogP contribution in [0, 0.1) is 5.92 Å². The van der Waals surface area contributed by atoms with Gasteiger partial charge in [-0.15, -0.1) is 0 Å². The topological polar surface area (TPSA) is 66.5 Å². The molecular weight excluding hydrogens is 408 g/mol. The van der Waals surface area contributed by atoms with Gasteiger partial charge in [0.15, 0.2) is 0 Å². The number of benzene rings is 2. The predicted octanol–water partition coefficient (Wildman–Crippen LogP) is 4.64. The minimum Gasteiger partial charge on any atom is -0.326 e. The van der Waals surface area contributed by atoms with Crippen LogP contribution in [0.3, 0.4) is 0 Å². The van der Waals surface area contributed by atoms with E-state index in [0.29, 0.717) is 42.4 Å². The molecular formula is C22H27ClN2O3S. The van der Waals surface area contributed by atoms with Crippen molar-refractivity contribution < 1.29 is 13.2 Å². The van der Waals surface area contributed by atoms with E-state index in [-0.39, 0.29) is 17.6 Å². The van der Waals surface area contributed by atoms with Crippen LogP contribution in [0.15, 0.2) is 48.5 Å². The number of hydrogen-bond acceptors (Lipinski definition) is 3. The number of carbonyl (C=O) groups excluding carboxylic acids is 1. The van der Waals surface area contributed by atoms with Crippen LogP contribution in [0.1, 0.15) is 43.7 Å². The van der Waals surface area contributed by atoms with Gasteiger partial charge >= 0.3 is 0 Å². The van der Waals surface area contributed by atoms with Gasteiger partial charge in [-0.05, 0) is 42.0 Å². The maximum absolute atomic E-state index is 12.8. The minimum atomic E-state index is -3.47. The molecule has 1 heterocycles. The molecule has 156 valence electrons. The van der Waals surface area contributed by atoms with Crippen molar-refractivity contribution >= 4 is 33.2 Å². The molecule has 1 fully saturated rings. The van der Waals surface area contributed by atoms with Gasteiger partial charge < -0.3 is 5.32 Å². The van der Waals surface area contributed by atoms with Crippen LogP contribution < -0.4 is 5.32 Å². The first-order valence-electron chi connectivity index (χ1n) is 9.89. The highest BCUT2D eigenvalue weighted by molar-refractivity contribution is 7.88. The summed E-state index contributed by atoms with van der Waals surface area (Å²) in [5, 5.41) is 3.49.